The summed E-state index contributed by atoms with van der Waals surface area (Å²) < 4.78 is 2.24. The van der Waals surface area contributed by atoms with Gasteiger partial charge in [0, 0.05) is 36.6 Å². The second kappa shape index (κ2) is 5.36. The second-order valence-corrected chi connectivity index (χ2v) is 5.05. The van der Waals surface area contributed by atoms with Crippen LogP contribution in [-0.2, 0) is 17.8 Å². The van der Waals surface area contributed by atoms with Crippen molar-refractivity contribution in [1.29, 1.82) is 0 Å². The van der Waals surface area contributed by atoms with Crippen molar-refractivity contribution >= 4 is 16.7 Å². The van der Waals surface area contributed by atoms with Crippen molar-refractivity contribution in [3.63, 3.8) is 0 Å². The third-order valence-electron chi connectivity index (χ3n) is 3.10. The quantitative estimate of drug-likeness (QED) is 0.806. The number of hydrogen-bond acceptors (Lipinski definition) is 2. The topological polar surface area (TPSA) is 25.2 Å². The highest BCUT2D eigenvalue weighted by molar-refractivity contribution is 5.89. The molecule has 0 unspecified atom stereocenters. The first kappa shape index (κ1) is 12.8. The van der Waals surface area contributed by atoms with E-state index in [1.165, 1.54) is 10.9 Å². The normalized spacial score (nSPS) is 11.3. The minimum absolute atomic E-state index is 0.213. The van der Waals surface area contributed by atoms with Gasteiger partial charge in [0.05, 0.1) is 0 Å². The molecule has 3 nitrogen and oxygen atoms in total. The molecule has 0 amide bonds. The lowest BCUT2D eigenvalue weighted by Gasteiger charge is -2.10. The van der Waals surface area contributed by atoms with E-state index >= 15 is 0 Å². The van der Waals surface area contributed by atoms with Crippen molar-refractivity contribution in [3.8, 4) is 0 Å². The Balaban J connectivity index is 2.37. The fourth-order valence-corrected chi connectivity index (χ4v) is 2.22. The summed E-state index contributed by atoms with van der Waals surface area (Å²) in [5.41, 5.74) is 2.35. The van der Waals surface area contributed by atoms with Gasteiger partial charge in [-0.1, -0.05) is 18.2 Å². The fourth-order valence-electron chi connectivity index (χ4n) is 2.22. The largest absolute Gasteiger partial charge is 0.346 e. The molecule has 1 aromatic heterocycles. The molecule has 96 valence electrons. The first-order valence-corrected chi connectivity index (χ1v) is 6.29. The molecule has 0 radical (unpaired) electrons. The van der Waals surface area contributed by atoms with Gasteiger partial charge in [-0.05, 0) is 32.6 Å². The van der Waals surface area contributed by atoms with E-state index in [0.29, 0.717) is 6.42 Å². The first-order valence-electron chi connectivity index (χ1n) is 6.29. The smallest absolute Gasteiger partial charge is 0.134 e. The van der Waals surface area contributed by atoms with E-state index in [-0.39, 0.29) is 5.78 Å². The lowest BCUT2D eigenvalue weighted by Crippen LogP contribution is -2.17. The molecular weight excluding hydrogens is 224 g/mol. The van der Waals surface area contributed by atoms with E-state index in [4.69, 9.17) is 0 Å². The van der Waals surface area contributed by atoms with Crippen LogP contribution in [0.2, 0.25) is 0 Å². The lowest BCUT2D eigenvalue weighted by molar-refractivity contribution is -0.116. The molecule has 0 saturated heterocycles. The predicted molar refractivity (Wildman–Crippen MR) is 74.9 cm³/mol. The van der Waals surface area contributed by atoms with Crippen molar-refractivity contribution in [3.05, 3.63) is 36.0 Å². The number of nitrogens with zero attached hydrogens (tertiary/aromatic N) is 2. The van der Waals surface area contributed by atoms with Crippen LogP contribution < -0.4 is 0 Å². The summed E-state index contributed by atoms with van der Waals surface area (Å²) in [5, 5.41) is 1.20. The Hall–Kier alpha value is -1.61. The Kier molecular flexibility index (Phi) is 3.82. The van der Waals surface area contributed by atoms with Gasteiger partial charge in [-0.25, -0.2) is 0 Å². The van der Waals surface area contributed by atoms with Gasteiger partial charge in [0.2, 0.25) is 0 Å². The molecule has 0 N–H and O–H groups in total. The van der Waals surface area contributed by atoms with Crippen molar-refractivity contribution in [1.82, 2.24) is 9.47 Å². The minimum atomic E-state index is 0.213. The predicted octanol–water partition coefficient (Wildman–Crippen LogP) is 2.33. The van der Waals surface area contributed by atoms with Crippen LogP contribution in [0.4, 0.5) is 0 Å². The van der Waals surface area contributed by atoms with Crippen LogP contribution in [0.1, 0.15) is 12.5 Å². The van der Waals surface area contributed by atoms with E-state index < -0.39 is 0 Å². The van der Waals surface area contributed by atoms with Crippen molar-refractivity contribution in [2.24, 2.45) is 0 Å². The van der Waals surface area contributed by atoms with Crippen LogP contribution in [0.25, 0.3) is 10.9 Å². The zero-order valence-electron chi connectivity index (χ0n) is 11.3. The highest BCUT2D eigenvalue weighted by Gasteiger charge is 2.09. The highest BCUT2D eigenvalue weighted by Crippen LogP contribution is 2.21. The summed E-state index contributed by atoms with van der Waals surface area (Å²) in [6.45, 7) is 3.59. The third-order valence-corrected chi connectivity index (χ3v) is 3.10. The Morgan fingerprint density at radius 2 is 2.00 bits per heavy atom. The van der Waals surface area contributed by atoms with E-state index in [2.05, 4.69) is 41.9 Å². The summed E-state index contributed by atoms with van der Waals surface area (Å²) in [7, 11) is 4.14. The van der Waals surface area contributed by atoms with E-state index in [1.807, 2.05) is 12.1 Å². The number of carbonyl (C=O) groups is 1. The van der Waals surface area contributed by atoms with Crippen molar-refractivity contribution in [2.75, 3.05) is 20.6 Å². The highest BCUT2D eigenvalue weighted by atomic mass is 16.1. The number of benzene rings is 1. The summed E-state index contributed by atoms with van der Waals surface area (Å²) in [4.78, 5) is 13.5. The number of aromatic nitrogens is 1. The van der Waals surface area contributed by atoms with Gasteiger partial charge in [0.25, 0.3) is 0 Å². The van der Waals surface area contributed by atoms with Crippen LogP contribution >= 0.6 is 0 Å². The molecule has 0 aliphatic rings. The summed E-state index contributed by atoms with van der Waals surface area (Å²) >= 11 is 0. The molecule has 0 saturated carbocycles. The van der Waals surface area contributed by atoms with Gasteiger partial charge < -0.3 is 9.47 Å². The van der Waals surface area contributed by atoms with Crippen molar-refractivity contribution in [2.45, 2.75) is 19.9 Å². The maximum atomic E-state index is 11.3. The summed E-state index contributed by atoms with van der Waals surface area (Å²) in [6, 6.07) is 8.29. The number of fused-ring (bicyclic) bond motifs is 1. The van der Waals surface area contributed by atoms with Gasteiger partial charge in [0.1, 0.15) is 5.78 Å². The molecule has 2 aromatic rings. The number of ketones is 1. The molecule has 2 rings (SSSR count). The van der Waals surface area contributed by atoms with Gasteiger partial charge in [-0.2, -0.15) is 0 Å². The van der Waals surface area contributed by atoms with Crippen LogP contribution in [0, 0.1) is 0 Å². The molecule has 0 fully saturated rings. The molecule has 1 heterocycles. The minimum Gasteiger partial charge on any atom is -0.346 e. The van der Waals surface area contributed by atoms with E-state index in [9.17, 15) is 4.79 Å². The molecule has 0 aliphatic carbocycles. The molecule has 18 heavy (non-hydrogen) atoms. The fraction of sp³-hybridized carbons (Fsp3) is 0.400. The monoisotopic (exact) mass is 244 g/mol. The van der Waals surface area contributed by atoms with Crippen LogP contribution in [0.5, 0.6) is 0 Å². The van der Waals surface area contributed by atoms with Crippen molar-refractivity contribution < 1.29 is 4.79 Å². The average molecular weight is 244 g/mol. The Labute approximate surface area is 108 Å². The van der Waals surface area contributed by atoms with Gasteiger partial charge in [0.15, 0.2) is 0 Å². The number of likely N-dealkylation sites (N-methyl/N-ethyl adjacent to an activating group) is 1. The molecular formula is C15H20N2O. The summed E-state index contributed by atoms with van der Waals surface area (Å²) in [5.74, 6) is 0.213. The second-order valence-electron chi connectivity index (χ2n) is 5.05. The number of hydrogen-bond donors (Lipinski definition) is 0. The van der Waals surface area contributed by atoms with Gasteiger partial charge >= 0.3 is 0 Å². The molecule has 3 heteroatoms. The number of Topliss-reactive ketones (excluding diaryl/α,β-unsaturated/α-hetero) is 1. The molecule has 0 atom stereocenters. The Morgan fingerprint density at radius 3 is 2.67 bits per heavy atom. The average Bonchev–Trinajstić information content (AvgIpc) is 2.65. The molecule has 0 bridgehead atoms. The van der Waals surface area contributed by atoms with Crippen LogP contribution in [-0.4, -0.2) is 35.9 Å². The van der Waals surface area contributed by atoms with E-state index in [1.54, 1.807) is 6.92 Å². The number of rotatable bonds is 5. The Bertz CT molecular complexity index is 555. The first-order chi connectivity index (χ1) is 8.58. The van der Waals surface area contributed by atoms with E-state index in [0.717, 1.165) is 18.7 Å². The maximum Gasteiger partial charge on any atom is 0.134 e. The third kappa shape index (κ3) is 2.79. The molecule has 0 spiro atoms. The summed E-state index contributed by atoms with van der Waals surface area (Å²) in [6.07, 6.45) is 2.64. The van der Waals surface area contributed by atoms with Crippen LogP contribution in [0.3, 0.4) is 0 Å². The maximum absolute atomic E-state index is 11.3. The van der Waals surface area contributed by atoms with Crippen LogP contribution in [0.15, 0.2) is 30.5 Å². The Morgan fingerprint density at radius 1 is 1.28 bits per heavy atom. The number of para-hydroxylation sites is 1. The standard InChI is InChI=1S/C15H20N2O/c1-12(18)10-13-11-17(9-8-16(2)3)15-7-5-4-6-14(13)15/h4-7,11H,8-10H2,1-3H3. The SMILES string of the molecule is CC(=O)Cc1cn(CCN(C)C)c2ccccc12. The zero-order valence-corrected chi connectivity index (χ0v) is 11.3. The number of carbonyl (C=O) groups excluding carboxylic acids is 1. The van der Waals surface area contributed by atoms with Gasteiger partial charge in [-0.15, -0.1) is 0 Å². The zero-order chi connectivity index (χ0) is 13.1. The van der Waals surface area contributed by atoms with Gasteiger partial charge in [-0.3, -0.25) is 4.79 Å². The molecule has 0 aliphatic heterocycles. The lowest BCUT2D eigenvalue weighted by atomic mass is 10.1. The molecule has 1 aromatic carbocycles.